The first-order valence-corrected chi connectivity index (χ1v) is 4.48. The predicted molar refractivity (Wildman–Crippen MR) is 44.9 cm³/mol. The van der Waals surface area contributed by atoms with Gasteiger partial charge in [0.1, 0.15) is 11.2 Å². The summed E-state index contributed by atoms with van der Waals surface area (Å²) in [5.41, 5.74) is 1.39. The van der Waals surface area contributed by atoms with Crippen LogP contribution in [0.5, 0.6) is 0 Å². The minimum atomic E-state index is -1.44. The zero-order valence-corrected chi connectivity index (χ0v) is 8.01. The van der Waals surface area contributed by atoms with E-state index in [-0.39, 0.29) is 0 Å². The van der Waals surface area contributed by atoms with Crippen LogP contribution < -0.4 is 0 Å². The van der Waals surface area contributed by atoms with Crippen LogP contribution >= 0.6 is 0 Å². The van der Waals surface area contributed by atoms with E-state index in [9.17, 15) is 4.21 Å². The predicted octanol–water partition coefficient (Wildman–Crippen LogP) is 0.762. The van der Waals surface area contributed by atoms with Crippen LogP contribution in [-0.2, 0) is 15.3 Å². The molecule has 0 aliphatic heterocycles. The van der Waals surface area contributed by atoms with Gasteiger partial charge in [-0.1, -0.05) is 0 Å². The highest BCUT2D eigenvalue weighted by Crippen LogP contribution is 2.13. The van der Waals surface area contributed by atoms with Gasteiger partial charge in [0.25, 0.3) is 0 Å². The molecule has 12 heavy (non-hydrogen) atoms. The Bertz CT molecular complexity index is 294. The van der Waals surface area contributed by atoms with E-state index in [0.29, 0.717) is 16.3 Å². The smallest absolute Gasteiger partial charge is 0.192 e. The zero-order chi connectivity index (χ0) is 9.14. The average Bonchev–Trinajstić information content (AvgIpc) is 2.03. The first kappa shape index (κ1) is 9.28. The molecule has 0 radical (unpaired) electrons. The highest BCUT2D eigenvalue weighted by molar-refractivity contribution is 7.80. The van der Waals surface area contributed by atoms with E-state index in [1.54, 1.807) is 13.8 Å². The van der Waals surface area contributed by atoms with Crippen LogP contribution in [0.4, 0.5) is 0 Å². The van der Waals surface area contributed by atoms with Crippen molar-refractivity contribution in [2.45, 2.75) is 18.7 Å². The maximum absolute atomic E-state index is 11.3. The summed E-state index contributed by atoms with van der Waals surface area (Å²) < 4.78 is 16.0. The molecule has 66 valence electrons. The second-order valence-electron chi connectivity index (χ2n) is 2.27. The van der Waals surface area contributed by atoms with Crippen LogP contribution in [0.15, 0.2) is 11.2 Å². The molecule has 1 aromatic heterocycles. The highest BCUT2D eigenvalue weighted by Gasteiger charge is 2.11. The van der Waals surface area contributed by atoms with Crippen molar-refractivity contribution in [1.29, 1.82) is 0 Å². The molecule has 0 amide bonds. The lowest BCUT2D eigenvalue weighted by Gasteiger charge is -2.04. The number of aromatic nitrogens is 2. The summed E-state index contributed by atoms with van der Waals surface area (Å²) in [7, 11) is 1.39. The summed E-state index contributed by atoms with van der Waals surface area (Å²) in [5.74, 6) is 0. The molecule has 4 nitrogen and oxygen atoms in total. The van der Waals surface area contributed by atoms with Crippen molar-refractivity contribution in [3.05, 3.63) is 17.7 Å². The third kappa shape index (κ3) is 1.67. The Morgan fingerprint density at radius 2 is 1.83 bits per heavy atom. The fourth-order valence-corrected chi connectivity index (χ4v) is 1.66. The van der Waals surface area contributed by atoms with Crippen molar-refractivity contribution in [2.24, 2.45) is 0 Å². The monoisotopic (exact) mass is 186 g/mol. The molecule has 0 saturated heterocycles. The molecule has 0 fully saturated rings. The summed E-state index contributed by atoms with van der Waals surface area (Å²) >= 11 is -1.44. The molecule has 1 rings (SSSR count). The van der Waals surface area contributed by atoms with Crippen LogP contribution in [0, 0.1) is 13.8 Å². The van der Waals surface area contributed by atoms with Gasteiger partial charge >= 0.3 is 0 Å². The van der Waals surface area contributed by atoms with Crippen molar-refractivity contribution in [3.63, 3.8) is 0 Å². The Morgan fingerprint density at radius 3 is 2.25 bits per heavy atom. The van der Waals surface area contributed by atoms with Gasteiger partial charge in [0.2, 0.25) is 0 Å². The zero-order valence-electron chi connectivity index (χ0n) is 7.20. The quantitative estimate of drug-likeness (QED) is 0.684. The first-order chi connectivity index (χ1) is 5.66. The first-order valence-electron chi connectivity index (χ1n) is 3.41. The second kappa shape index (κ2) is 3.73. The summed E-state index contributed by atoms with van der Waals surface area (Å²) in [6.45, 7) is 3.56. The Morgan fingerprint density at radius 1 is 1.33 bits per heavy atom. The van der Waals surface area contributed by atoms with Gasteiger partial charge in [0.05, 0.1) is 18.5 Å². The number of rotatable bonds is 2. The molecule has 1 unspecified atom stereocenters. The molecule has 0 aromatic carbocycles. The Labute approximate surface area is 73.7 Å². The third-order valence-corrected chi connectivity index (χ3v) is 2.70. The van der Waals surface area contributed by atoms with Crippen molar-refractivity contribution in [3.8, 4) is 0 Å². The molecular weight excluding hydrogens is 176 g/mol. The van der Waals surface area contributed by atoms with Crippen LogP contribution in [0.25, 0.3) is 0 Å². The molecule has 1 aromatic rings. The van der Waals surface area contributed by atoms with Gasteiger partial charge < -0.3 is 0 Å². The van der Waals surface area contributed by atoms with Gasteiger partial charge in [-0.25, -0.2) is 14.2 Å². The average molecular weight is 186 g/mol. The maximum atomic E-state index is 11.3. The molecular formula is C7H10N2O2S. The lowest BCUT2D eigenvalue weighted by molar-refractivity contribution is 0.444. The van der Waals surface area contributed by atoms with Gasteiger partial charge in [0, 0.05) is 0 Å². The molecule has 1 heterocycles. The lowest BCUT2D eigenvalue weighted by atomic mass is 10.4. The van der Waals surface area contributed by atoms with Crippen molar-refractivity contribution < 1.29 is 8.39 Å². The van der Waals surface area contributed by atoms with Crippen molar-refractivity contribution in [2.75, 3.05) is 7.11 Å². The fraction of sp³-hybridized carbons (Fsp3) is 0.429. The molecule has 0 spiro atoms. The molecule has 0 N–H and O–H groups in total. The summed E-state index contributed by atoms with van der Waals surface area (Å²) in [6.07, 6.45) is 1.45. The Balaban J connectivity index is 3.21. The van der Waals surface area contributed by atoms with E-state index in [0.717, 1.165) is 0 Å². The van der Waals surface area contributed by atoms with E-state index in [2.05, 4.69) is 9.97 Å². The highest BCUT2D eigenvalue weighted by atomic mass is 32.2. The van der Waals surface area contributed by atoms with Gasteiger partial charge in [-0.3, -0.25) is 4.18 Å². The van der Waals surface area contributed by atoms with E-state index < -0.39 is 11.1 Å². The van der Waals surface area contributed by atoms with E-state index in [1.807, 2.05) is 0 Å². The lowest BCUT2D eigenvalue weighted by Crippen LogP contribution is -2.03. The van der Waals surface area contributed by atoms with Crippen molar-refractivity contribution >= 4 is 11.1 Å². The standard InChI is InChI=1S/C7H10N2O2S/c1-5-7(12(10)11-3)6(2)9-4-8-5/h4H,1-3H3. The maximum Gasteiger partial charge on any atom is 0.192 e. The molecule has 0 saturated carbocycles. The number of nitrogens with zero attached hydrogens (tertiary/aromatic N) is 2. The summed E-state index contributed by atoms with van der Waals surface area (Å²) in [6, 6.07) is 0. The molecule has 0 aliphatic carbocycles. The minimum absolute atomic E-state index is 0.569. The van der Waals surface area contributed by atoms with E-state index in [1.165, 1.54) is 13.4 Å². The van der Waals surface area contributed by atoms with Crippen LogP contribution in [0.2, 0.25) is 0 Å². The fourth-order valence-electron chi connectivity index (χ4n) is 0.906. The van der Waals surface area contributed by atoms with Gasteiger partial charge in [0.15, 0.2) is 11.1 Å². The number of aryl methyl sites for hydroxylation is 2. The summed E-state index contributed by atoms with van der Waals surface area (Å²) in [5, 5.41) is 0. The van der Waals surface area contributed by atoms with E-state index in [4.69, 9.17) is 4.18 Å². The summed E-state index contributed by atoms with van der Waals surface area (Å²) in [4.78, 5) is 8.42. The topological polar surface area (TPSA) is 52.1 Å². The van der Waals surface area contributed by atoms with Crippen LogP contribution in [0.3, 0.4) is 0 Å². The SMILES string of the molecule is COS(=O)c1c(C)ncnc1C. The normalized spacial score (nSPS) is 12.9. The van der Waals surface area contributed by atoms with Crippen LogP contribution in [0.1, 0.15) is 11.4 Å². The largest absolute Gasteiger partial charge is 0.290 e. The number of hydrogen-bond acceptors (Lipinski definition) is 4. The van der Waals surface area contributed by atoms with Crippen LogP contribution in [-0.4, -0.2) is 21.3 Å². The van der Waals surface area contributed by atoms with Crippen molar-refractivity contribution in [1.82, 2.24) is 9.97 Å². The van der Waals surface area contributed by atoms with Gasteiger partial charge in [-0.15, -0.1) is 0 Å². The molecule has 0 bridgehead atoms. The third-order valence-electron chi connectivity index (χ3n) is 1.48. The minimum Gasteiger partial charge on any atom is -0.290 e. The van der Waals surface area contributed by atoms with E-state index >= 15 is 0 Å². The molecule has 0 aliphatic rings. The van der Waals surface area contributed by atoms with Gasteiger partial charge in [-0.05, 0) is 13.8 Å². The Kier molecular flexibility index (Phi) is 2.88. The van der Waals surface area contributed by atoms with Gasteiger partial charge in [-0.2, -0.15) is 0 Å². The number of hydrogen-bond donors (Lipinski definition) is 0. The Hall–Kier alpha value is -0.810. The molecule has 5 heteroatoms. The molecule has 1 atom stereocenters. The second-order valence-corrected chi connectivity index (χ2v) is 3.49.